The Kier molecular flexibility index (Phi) is 6.50. The topological polar surface area (TPSA) is 54.0 Å². The molecule has 2 aromatic rings. The number of hydrogen-bond acceptors (Lipinski definition) is 5. The lowest BCUT2D eigenvalue weighted by Gasteiger charge is -2.34. The number of amides is 1. The van der Waals surface area contributed by atoms with E-state index in [1.807, 2.05) is 37.3 Å². The number of piperazine rings is 1. The number of benzene rings is 2. The van der Waals surface area contributed by atoms with Crippen molar-refractivity contribution in [2.75, 3.05) is 45.9 Å². The lowest BCUT2D eigenvalue weighted by atomic mass is 10.1. The summed E-state index contributed by atoms with van der Waals surface area (Å²) in [5, 5.41) is 3.07. The number of halogens is 1. The van der Waals surface area contributed by atoms with E-state index >= 15 is 0 Å². The second-order valence-corrected chi connectivity index (χ2v) is 7.84. The largest absolute Gasteiger partial charge is 0.486 e. The number of nitrogens with one attached hydrogen (secondary N) is 1. The standard InChI is InChI=1S/C23H28FN3O3/c1-17(18-6-7-21-22(14-18)30-13-12-29-21)25-23(28)16-27-10-8-26(9-11-27)15-19-4-2-3-5-20(19)24/h2-7,14,17H,8-13,15-16H2,1H3,(H,25,28). The van der Waals surface area contributed by atoms with E-state index in [1.54, 1.807) is 6.07 Å². The Morgan fingerprint density at radius 3 is 2.50 bits per heavy atom. The van der Waals surface area contributed by atoms with Crippen molar-refractivity contribution in [2.45, 2.75) is 19.5 Å². The van der Waals surface area contributed by atoms with Crippen LogP contribution in [0.25, 0.3) is 0 Å². The van der Waals surface area contributed by atoms with Crippen LogP contribution in [0.4, 0.5) is 4.39 Å². The van der Waals surface area contributed by atoms with Gasteiger partial charge in [0.25, 0.3) is 0 Å². The SMILES string of the molecule is CC(NC(=O)CN1CCN(Cc2ccccc2F)CC1)c1ccc2c(c1)OCCO2. The summed E-state index contributed by atoms with van der Waals surface area (Å²) in [5.74, 6) is 1.31. The van der Waals surface area contributed by atoms with E-state index in [4.69, 9.17) is 9.47 Å². The van der Waals surface area contributed by atoms with Crippen LogP contribution in [0.1, 0.15) is 24.1 Å². The smallest absolute Gasteiger partial charge is 0.234 e. The Labute approximate surface area is 176 Å². The molecule has 1 atom stereocenters. The van der Waals surface area contributed by atoms with Gasteiger partial charge in [0, 0.05) is 38.3 Å². The Balaban J connectivity index is 1.23. The van der Waals surface area contributed by atoms with Crippen molar-refractivity contribution in [2.24, 2.45) is 0 Å². The summed E-state index contributed by atoms with van der Waals surface area (Å²) in [6.07, 6.45) is 0. The molecule has 0 aromatic heterocycles. The minimum absolute atomic E-state index is 0.0000529. The van der Waals surface area contributed by atoms with Crippen molar-refractivity contribution in [3.8, 4) is 11.5 Å². The number of ether oxygens (including phenoxy) is 2. The molecule has 2 aromatic carbocycles. The van der Waals surface area contributed by atoms with E-state index in [0.717, 1.165) is 48.8 Å². The van der Waals surface area contributed by atoms with Crippen LogP contribution in [0.5, 0.6) is 11.5 Å². The van der Waals surface area contributed by atoms with Gasteiger partial charge < -0.3 is 14.8 Å². The Morgan fingerprint density at radius 1 is 1.03 bits per heavy atom. The minimum atomic E-state index is -0.160. The first-order chi connectivity index (χ1) is 14.6. The molecule has 1 amide bonds. The number of nitrogens with zero attached hydrogens (tertiary/aromatic N) is 2. The first-order valence-electron chi connectivity index (χ1n) is 10.5. The van der Waals surface area contributed by atoms with E-state index in [9.17, 15) is 9.18 Å². The minimum Gasteiger partial charge on any atom is -0.486 e. The molecule has 1 N–H and O–H groups in total. The highest BCUT2D eigenvalue weighted by Gasteiger charge is 2.21. The van der Waals surface area contributed by atoms with Crippen molar-refractivity contribution in [1.82, 2.24) is 15.1 Å². The summed E-state index contributed by atoms with van der Waals surface area (Å²) in [4.78, 5) is 16.9. The second kappa shape index (κ2) is 9.45. The molecular formula is C23H28FN3O3. The molecule has 0 bridgehead atoms. The maximum Gasteiger partial charge on any atom is 0.234 e. The van der Waals surface area contributed by atoms with Gasteiger partial charge >= 0.3 is 0 Å². The van der Waals surface area contributed by atoms with Crippen LogP contribution in [0, 0.1) is 5.82 Å². The first kappa shape index (κ1) is 20.6. The Bertz CT molecular complexity index is 884. The van der Waals surface area contributed by atoms with E-state index in [0.29, 0.717) is 26.3 Å². The number of fused-ring (bicyclic) bond motifs is 1. The van der Waals surface area contributed by atoms with Crippen LogP contribution in [0.3, 0.4) is 0 Å². The van der Waals surface area contributed by atoms with Crippen LogP contribution in [-0.2, 0) is 11.3 Å². The Morgan fingerprint density at radius 2 is 1.73 bits per heavy atom. The van der Waals surface area contributed by atoms with E-state index in [1.165, 1.54) is 6.07 Å². The maximum atomic E-state index is 13.8. The molecule has 2 aliphatic rings. The average molecular weight is 413 g/mol. The fraction of sp³-hybridized carbons (Fsp3) is 0.435. The van der Waals surface area contributed by atoms with E-state index in [-0.39, 0.29) is 17.8 Å². The predicted molar refractivity (Wildman–Crippen MR) is 112 cm³/mol. The van der Waals surface area contributed by atoms with Crippen LogP contribution < -0.4 is 14.8 Å². The van der Waals surface area contributed by atoms with Gasteiger partial charge in [0.15, 0.2) is 11.5 Å². The highest BCUT2D eigenvalue weighted by molar-refractivity contribution is 5.78. The Hall–Kier alpha value is -2.64. The molecule has 1 saturated heterocycles. The van der Waals surface area contributed by atoms with Gasteiger partial charge in [0.05, 0.1) is 12.6 Å². The normalized spacial score (nSPS) is 18.1. The van der Waals surface area contributed by atoms with Crippen LogP contribution in [0.2, 0.25) is 0 Å². The van der Waals surface area contributed by atoms with Gasteiger partial charge in [-0.15, -0.1) is 0 Å². The van der Waals surface area contributed by atoms with Gasteiger partial charge in [-0.2, -0.15) is 0 Å². The van der Waals surface area contributed by atoms with Crippen molar-refractivity contribution < 1.29 is 18.7 Å². The molecule has 1 unspecified atom stereocenters. The monoisotopic (exact) mass is 413 g/mol. The summed E-state index contributed by atoms with van der Waals surface area (Å²) in [5.41, 5.74) is 1.71. The van der Waals surface area contributed by atoms with E-state index < -0.39 is 0 Å². The highest BCUT2D eigenvalue weighted by Crippen LogP contribution is 2.32. The van der Waals surface area contributed by atoms with Gasteiger partial charge in [-0.3, -0.25) is 14.6 Å². The summed E-state index contributed by atoms with van der Waals surface area (Å²) in [6.45, 7) is 7.26. The van der Waals surface area contributed by atoms with Crippen LogP contribution in [0.15, 0.2) is 42.5 Å². The fourth-order valence-corrected chi connectivity index (χ4v) is 3.88. The zero-order chi connectivity index (χ0) is 20.9. The van der Waals surface area contributed by atoms with Crippen molar-refractivity contribution in [3.05, 3.63) is 59.4 Å². The molecule has 2 aliphatic heterocycles. The first-order valence-corrected chi connectivity index (χ1v) is 10.5. The third-order valence-electron chi connectivity index (χ3n) is 5.63. The lowest BCUT2D eigenvalue weighted by Crippen LogP contribution is -2.49. The third kappa shape index (κ3) is 5.09. The quantitative estimate of drug-likeness (QED) is 0.789. The maximum absolute atomic E-state index is 13.8. The van der Waals surface area contributed by atoms with Crippen molar-refractivity contribution in [3.63, 3.8) is 0 Å². The van der Waals surface area contributed by atoms with Gasteiger partial charge in [0.2, 0.25) is 5.91 Å². The van der Waals surface area contributed by atoms with Crippen LogP contribution >= 0.6 is 0 Å². The number of hydrogen-bond donors (Lipinski definition) is 1. The van der Waals surface area contributed by atoms with Crippen molar-refractivity contribution >= 4 is 5.91 Å². The molecular weight excluding hydrogens is 385 g/mol. The molecule has 0 saturated carbocycles. The van der Waals surface area contributed by atoms with Gasteiger partial charge in [-0.25, -0.2) is 4.39 Å². The number of rotatable bonds is 6. The van der Waals surface area contributed by atoms with Crippen LogP contribution in [-0.4, -0.2) is 61.6 Å². The fourth-order valence-electron chi connectivity index (χ4n) is 3.88. The molecule has 0 radical (unpaired) electrons. The molecule has 2 heterocycles. The molecule has 0 aliphatic carbocycles. The zero-order valence-electron chi connectivity index (χ0n) is 17.3. The summed E-state index contributed by atoms with van der Waals surface area (Å²) >= 11 is 0. The predicted octanol–water partition coefficient (Wildman–Crippen LogP) is 2.59. The summed E-state index contributed by atoms with van der Waals surface area (Å²) in [7, 11) is 0. The summed E-state index contributed by atoms with van der Waals surface area (Å²) < 4.78 is 25.0. The highest BCUT2D eigenvalue weighted by atomic mass is 19.1. The zero-order valence-corrected chi connectivity index (χ0v) is 17.3. The van der Waals surface area contributed by atoms with Gasteiger partial charge in [0.1, 0.15) is 19.0 Å². The second-order valence-electron chi connectivity index (χ2n) is 7.84. The van der Waals surface area contributed by atoms with Crippen molar-refractivity contribution in [1.29, 1.82) is 0 Å². The molecule has 30 heavy (non-hydrogen) atoms. The molecule has 1 fully saturated rings. The van der Waals surface area contributed by atoms with E-state index in [2.05, 4.69) is 15.1 Å². The number of carbonyl (C=O) groups is 1. The average Bonchev–Trinajstić information content (AvgIpc) is 2.76. The molecule has 4 rings (SSSR count). The van der Waals surface area contributed by atoms with Gasteiger partial charge in [-0.05, 0) is 30.7 Å². The molecule has 0 spiro atoms. The molecule has 160 valence electrons. The molecule has 7 heteroatoms. The van der Waals surface area contributed by atoms with Gasteiger partial charge in [-0.1, -0.05) is 24.3 Å². The third-order valence-corrected chi connectivity index (χ3v) is 5.63. The molecule has 6 nitrogen and oxygen atoms in total. The summed E-state index contributed by atoms with van der Waals surface area (Å²) in [6, 6.07) is 12.6. The number of carbonyl (C=O) groups excluding carboxylic acids is 1. The lowest BCUT2D eigenvalue weighted by molar-refractivity contribution is -0.123.